The number of aryl methyl sites for hydroxylation is 2. The molecule has 0 aliphatic heterocycles. The molecule has 1 amide bonds. The maximum atomic E-state index is 12.6. The lowest BCUT2D eigenvalue weighted by molar-refractivity contribution is 0.0955. The summed E-state index contributed by atoms with van der Waals surface area (Å²) >= 11 is 0. The summed E-state index contributed by atoms with van der Waals surface area (Å²) in [5.41, 5.74) is 7.07. The molecule has 0 unspecified atom stereocenters. The Hall–Kier alpha value is -4.11. The average Bonchev–Trinajstić information content (AvgIpc) is 2.88. The molecule has 0 atom stereocenters. The van der Waals surface area contributed by atoms with Gasteiger partial charge in [-0.25, -0.2) is 13.8 Å². The Morgan fingerprint density at radius 3 is 2.37 bits per heavy atom. The highest BCUT2D eigenvalue weighted by atomic mass is 32.2. The molecule has 38 heavy (non-hydrogen) atoms. The molecule has 0 aliphatic carbocycles. The molecule has 0 aromatic heterocycles. The van der Waals surface area contributed by atoms with Gasteiger partial charge in [0.1, 0.15) is 6.61 Å². The first-order valence-electron chi connectivity index (χ1n) is 12.1. The zero-order valence-electron chi connectivity index (χ0n) is 22.1. The predicted octanol–water partition coefficient (Wildman–Crippen LogP) is 5.00. The summed E-state index contributed by atoms with van der Waals surface area (Å²) in [7, 11) is -3.51. The zero-order chi connectivity index (χ0) is 27.7. The smallest absolute Gasteiger partial charge is 0.271 e. The number of anilines is 1. The second-order valence-corrected chi connectivity index (χ2v) is 10.6. The number of hydrazone groups is 1. The molecule has 8 nitrogen and oxygen atoms in total. The lowest BCUT2D eigenvalue weighted by Gasteiger charge is -2.23. The Labute approximate surface area is 224 Å². The molecule has 0 saturated carbocycles. The van der Waals surface area contributed by atoms with E-state index in [1.807, 2.05) is 32.9 Å². The maximum absolute atomic E-state index is 12.6. The van der Waals surface area contributed by atoms with Gasteiger partial charge in [-0.05, 0) is 85.5 Å². The van der Waals surface area contributed by atoms with E-state index in [9.17, 15) is 13.2 Å². The van der Waals surface area contributed by atoms with Crippen molar-refractivity contribution < 1.29 is 22.7 Å². The summed E-state index contributed by atoms with van der Waals surface area (Å²) in [6, 6.07) is 17.6. The number of nitrogens with one attached hydrogen (secondary N) is 1. The molecular weight excluding hydrogens is 502 g/mol. The maximum Gasteiger partial charge on any atom is 0.271 e. The third-order valence-corrected chi connectivity index (χ3v) is 6.87. The molecule has 3 aromatic rings. The topological polar surface area (TPSA) is 97.3 Å². The number of carbonyl (C=O) groups is 1. The Balaban J connectivity index is 1.67. The van der Waals surface area contributed by atoms with Crippen LogP contribution in [0.15, 0.2) is 78.4 Å². The summed E-state index contributed by atoms with van der Waals surface area (Å²) < 4.78 is 37.5. The van der Waals surface area contributed by atoms with Crippen LogP contribution in [0.3, 0.4) is 0 Å². The van der Waals surface area contributed by atoms with Crippen LogP contribution in [0.1, 0.15) is 39.5 Å². The highest BCUT2D eigenvalue weighted by molar-refractivity contribution is 7.92. The van der Waals surface area contributed by atoms with E-state index < -0.39 is 15.9 Å². The molecule has 1 N–H and O–H groups in total. The van der Waals surface area contributed by atoms with Crippen LogP contribution in [-0.4, -0.2) is 40.0 Å². The third kappa shape index (κ3) is 7.69. The van der Waals surface area contributed by atoms with Crippen LogP contribution in [0.2, 0.25) is 0 Å². The van der Waals surface area contributed by atoms with Gasteiger partial charge < -0.3 is 9.47 Å². The molecule has 9 heteroatoms. The lowest BCUT2D eigenvalue weighted by atomic mass is 10.1. The van der Waals surface area contributed by atoms with E-state index in [1.165, 1.54) is 16.8 Å². The van der Waals surface area contributed by atoms with Gasteiger partial charge in [-0.2, -0.15) is 5.10 Å². The van der Waals surface area contributed by atoms with Crippen LogP contribution >= 0.6 is 0 Å². The Bertz CT molecular complexity index is 1420. The number of benzene rings is 3. The molecule has 0 radical (unpaired) electrons. The van der Waals surface area contributed by atoms with Gasteiger partial charge in [0.15, 0.2) is 11.5 Å². The normalized spacial score (nSPS) is 11.3. The first kappa shape index (κ1) is 28.5. The standard InChI is InChI=1S/C29H33N3O5S/c1-6-16-37-27-15-11-24(18-28(27)36-7-2)19-30-31-29(33)25-12-9-23(10-13-25)20-32(38(5,34)35)26-14-8-21(3)22(4)17-26/h6,8-15,17-19H,1,7,16,20H2,2-5H3,(H,31,33)/b30-19-. The molecule has 200 valence electrons. The van der Waals surface area contributed by atoms with Crippen molar-refractivity contribution in [3.63, 3.8) is 0 Å². The molecule has 0 saturated heterocycles. The first-order valence-corrected chi connectivity index (χ1v) is 13.9. The van der Waals surface area contributed by atoms with E-state index in [4.69, 9.17) is 9.47 Å². The summed E-state index contributed by atoms with van der Waals surface area (Å²) in [6.07, 6.45) is 4.35. The van der Waals surface area contributed by atoms with Gasteiger partial charge >= 0.3 is 0 Å². The van der Waals surface area contributed by atoms with Crippen molar-refractivity contribution in [1.29, 1.82) is 0 Å². The number of amides is 1. The second-order valence-electron chi connectivity index (χ2n) is 8.67. The molecule has 0 heterocycles. The van der Waals surface area contributed by atoms with E-state index in [1.54, 1.807) is 54.6 Å². The monoisotopic (exact) mass is 535 g/mol. The Morgan fingerprint density at radius 1 is 1.00 bits per heavy atom. The molecule has 0 aliphatic rings. The number of rotatable bonds is 12. The van der Waals surface area contributed by atoms with E-state index >= 15 is 0 Å². The predicted molar refractivity (Wildman–Crippen MR) is 152 cm³/mol. The van der Waals surface area contributed by atoms with E-state index in [0.717, 1.165) is 22.3 Å². The van der Waals surface area contributed by atoms with Crippen molar-refractivity contribution in [2.24, 2.45) is 5.10 Å². The van der Waals surface area contributed by atoms with Crippen molar-refractivity contribution in [1.82, 2.24) is 5.43 Å². The molecular formula is C29H33N3O5S. The number of carbonyl (C=O) groups excluding carboxylic acids is 1. The van der Waals surface area contributed by atoms with Gasteiger partial charge in [0.05, 0.1) is 31.3 Å². The molecule has 0 bridgehead atoms. The highest BCUT2D eigenvalue weighted by Gasteiger charge is 2.18. The van der Waals surface area contributed by atoms with Crippen LogP contribution in [0.4, 0.5) is 5.69 Å². The van der Waals surface area contributed by atoms with Crippen LogP contribution in [0, 0.1) is 13.8 Å². The fraction of sp³-hybridized carbons (Fsp3) is 0.241. The lowest BCUT2D eigenvalue weighted by Crippen LogP contribution is -2.29. The summed E-state index contributed by atoms with van der Waals surface area (Å²) in [6.45, 7) is 10.4. The number of nitrogens with zero attached hydrogens (tertiary/aromatic N) is 2. The van der Waals surface area contributed by atoms with Gasteiger partial charge in [-0.15, -0.1) is 0 Å². The fourth-order valence-corrected chi connectivity index (χ4v) is 4.46. The van der Waals surface area contributed by atoms with E-state index in [0.29, 0.717) is 36.0 Å². The fourth-order valence-electron chi connectivity index (χ4n) is 3.58. The number of hydrogen-bond donors (Lipinski definition) is 1. The summed E-state index contributed by atoms with van der Waals surface area (Å²) in [4.78, 5) is 12.6. The van der Waals surface area contributed by atoms with Gasteiger partial charge in [0.2, 0.25) is 10.0 Å². The Kier molecular flexibility index (Phi) is 9.67. The first-order chi connectivity index (χ1) is 18.1. The van der Waals surface area contributed by atoms with E-state index in [2.05, 4.69) is 17.1 Å². The van der Waals surface area contributed by atoms with Crippen LogP contribution in [0.25, 0.3) is 0 Å². The largest absolute Gasteiger partial charge is 0.490 e. The van der Waals surface area contributed by atoms with Gasteiger partial charge in [0, 0.05) is 5.56 Å². The van der Waals surface area contributed by atoms with Crippen molar-refractivity contribution in [2.75, 3.05) is 23.8 Å². The molecule has 0 fully saturated rings. The minimum absolute atomic E-state index is 0.149. The molecule has 0 spiro atoms. The minimum atomic E-state index is -3.51. The summed E-state index contributed by atoms with van der Waals surface area (Å²) in [5.74, 6) is 0.780. The minimum Gasteiger partial charge on any atom is -0.490 e. The SMILES string of the molecule is C=CCOc1ccc(/C=N\NC(=O)c2ccc(CN(c3ccc(C)c(C)c3)S(C)(=O)=O)cc2)cc1OCC. The number of hydrogen-bond acceptors (Lipinski definition) is 6. The van der Waals surface area contributed by atoms with Gasteiger partial charge in [0.25, 0.3) is 5.91 Å². The average molecular weight is 536 g/mol. The summed E-state index contributed by atoms with van der Waals surface area (Å²) in [5, 5.41) is 4.04. The molecule has 3 aromatic carbocycles. The number of sulfonamides is 1. The zero-order valence-corrected chi connectivity index (χ0v) is 22.9. The quantitative estimate of drug-likeness (QED) is 0.200. The van der Waals surface area contributed by atoms with Crippen molar-refractivity contribution in [2.45, 2.75) is 27.3 Å². The van der Waals surface area contributed by atoms with E-state index in [-0.39, 0.29) is 6.54 Å². The van der Waals surface area contributed by atoms with Gasteiger partial charge in [-0.3, -0.25) is 9.10 Å². The van der Waals surface area contributed by atoms with Crippen LogP contribution in [0.5, 0.6) is 11.5 Å². The van der Waals surface area contributed by atoms with Crippen molar-refractivity contribution >= 4 is 27.8 Å². The Morgan fingerprint density at radius 2 is 1.74 bits per heavy atom. The highest BCUT2D eigenvalue weighted by Crippen LogP contribution is 2.28. The van der Waals surface area contributed by atoms with Crippen LogP contribution < -0.4 is 19.2 Å². The molecule has 3 rings (SSSR count). The second kappa shape index (κ2) is 12.9. The van der Waals surface area contributed by atoms with Crippen molar-refractivity contribution in [3.05, 3.63) is 101 Å². The third-order valence-electron chi connectivity index (χ3n) is 5.73. The van der Waals surface area contributed by atoms with Gasteiger partial charge in [-0.1, -0.05) is 30.9 Å². The van der Waals surface area contributed by atoms with Crippen LogP contribution in [-0.2, 0) is 16.6 Å². The number of ether oxygens (including phenoxy) is 2. The van der Waals surface area contributed by atoms with Crippen molar-refractivity contribution in [3.8, 4) is 11.5 Å².